The van der Waals surface area contributed by atoms with E-state index in [-0.39, 0.29) is 47.4 Å². The highest BCUT2D eigenvalue weighted by molar-refractivity contribution is 5.98. The number of Topliss-reactive ketones (excluding diaryl/α,β-unsaturated/α-hetero) is 1. The van der Waals surface area contributed by atoms with Crippen molar-refractivity contribution in [1.29, 1.82) is 0 Å². The quantitative estimate of drug-likeness (QED) is 0.239. The first-order valence-corrected chi connectivity index (χ1v) is 14.5. The second-order valence-corrected chi connectivity index (χ2v) is 10.7. The highest BCUT2D eigenvalue weighted by atomic mass is 16.5. The molecule has 2 aliphatic carbocycles. The lowest BCUT2D eigenvalue weighted by atomic mass is 9.78. The van der Waals surface area contributed by atoms with Crippen molar-refractivity contribution in [1.82, 2.24) is 10.6 Å². The highest BCUT2D eigenvalue weighted by Gasteiger charge is 2.30. The number of hydrogen-bond donors (Lipinski definition) is 2. The first kappa shape index (κ1) is 29.3. The number of ether oxygens (including phenoxy) is 2. The van der Waals surface area contributed by atoms with Gasteiger partial charge in [0.15, 0.2) is 5.78 Å². The van der Waals surface area contributed by atoms with Crippen LogP contribution >= 0.6 is 0 Å². The van der Waals surface area contributed by atoms with E-state index >= 15 is 0 Å². The molecule has 2 saturated carbocycles. The first-order chi connectivity index (χ1) is 19.4. The molecule has 2 aliphatic rings. The van der Waals surface area contributed by atoms with E-state index in [1.165, 1.54) is 0 Å². The van der Waals surface area contributed by atoms with Gasteiger partial charge in [0.1, 0.15) is 5.75 Å². The van der Waals surface area contributed by atoms with Crippen molar-refractivity contribution in [3.05, 3.63) is 65.7 Å². The zero-order chi connectivity index (χ0) is 28.3. The number of hydrogen-bond acceptors (Lipinski definition) is 6. The van der Waals surface area contributed by atoms with Crippen molar-refractivity contribution in [3.63, 3.8) is 0 Å². The van der Waals surface area contributed by atoms with E-state index in [0.29, 0.717) is 43.9 Å². The van der Waals surface area contributed by atoms with Gasteiger partial charge < -0.3 is 20.1 Å². The highest BCUT2D eigenvalue weighted by Crippen LogP contribution is 2.31. The summed E-state index contributed by atoms with van der Waals surface area (Å²) in [7, 11) is 0. The van der Waals surface area contributed by atoms with Gasteiger partial charge in [0, 0.05) is 36.1 Å². The Bertz CT molecular complexity index is 1130. The van der Waals surface area contributed by atoms with E-state index < -0.39 is 0 Å². The molecule has 2 N–H and O–H groups in total. The first-order valence-electron chi connectivity index (χ1n) is 14.5. The molecule has 0 spiro atoms. The Morgan fingerprint density at radius 1 is 0.700 bits per heavy atom. The Labute approximate surface area is 236 Å². The smallest absolute Gasteiger partial charge is 0.308 e. The van der Waals surface area contributed by atoms with Gasteiger partial charge in [-0.25, -0.2) is 0 Å². The van der Waals surface area contributed by atoms with E-state index in [1.807, 2.05) is 37.3 Å². The maximum atomic E-state index is 12.7. The third-order valence-electron chi connectivity index (χ3n) is 7.95. The van der Waals surface area contributed by atoms with E-state index in [2.05, 4.69) is 10.6 Å². The summed E-state index contributed by atoms with van der Waals surface area (Å²) in [5.74, 6) is 0.366. The average Bonchev–Trinajstić information content (AvgIpc) is 3.00. The van der Waals surface area contributed by atoms with Gasteiger partial charge in [-0.2, -0.15) is 0 Å². The molecule has 0 heterocycles. The van der Waals surface area contributed by atoms with Gasteiger partial charge in [-0.05, 0) is 82.6 Å². The lowest BCUT2D eigenvalue weighted by molar-refractivity contribution is -0.149. The van der Waals surface area contributed by atoms with Gasteiger partial charge in [0.05, 0.1) is 18.6 Å². The summed E-state index contributed by atoms with van der Waals surface area (Å²) >= 11 is 0. The number of esters is 1. The van der Waals surface area contributed by atoms with Crippen LogP contribution in [0.3, 0.4) is 0 Å². The fourth-order valence-electron chi connectivity index (χ4n) is 5.62. The predicted molar refractivity (Wildman–Crippen MR) is 151 cm³/mol. The maximum absolute atomic E-state index is 12.7. The Morgan fingerprint density at radius 3 is 1.95 bits per heavy atom. The molecule has 0 unspecified atom stereocenters. The van der Waals surface area contributed by atoms with Crippen LogP contribution in [0.1, 0.15) is 79.0 Å². The third-order valence-corrected chi connectivity index (χ3v) is 7.95. The molecule has 2 fully saturated rings. The molecular formula is C32H40N2O6. The normalized spacial score (nSPS) is 22.5. The molecule has 8 heteroatoms. The van der Waals surface area contributed by atoms with Crippen LogP contribution in [0.4, 0.5) is 0 Å². The van der Waals surface area contributed by atoms with Gasteiger partial charge in [-0.15, -0.1) is 0 Å². The number of amides is 2. The zero-order valence-corrected chi connectivity index (χ0v) is 23.2. The summed E-state index contributed by atoms with van der Waals surface area (Å²) in [5, 5.41) is 5.76. The standard InChI is InChI=1S/C32H40N2O6/c1-2-39-32(38)26-14-18-28(19-15-26)40-27-16-12-25(13-17-27)31(37)34-21-20-33-30(36)24-10-8-23(9-11-24)29(35)22-6-4-3-5-7-22/h3-7,12-13,16-17,23-24,26,28H,2,8-11,14-15,18-21H2,1H3,(H,33,36)(H,34,37). The number of benzene rings is 2. The minimum absolute atomic E-state index is 0.0161. The molecule has 0 bridgehead atoms. The zero-order valence-electron chi connectivity index (χ0n) is 23.2. The van der Waals surface area contributed by atoms with Crippen LogP contribution in [0.5, 0.6) is 5.75 Å². The SMILES string of the molecule is CCOC(=O)C1CCC(Oc2ccc(C(=O)NCCNC(=O)C3CCC(C(=O)c4ccccc4)CC3)cc2)CC1. The van der Waals surface area contributed by atoms with Crippen LogP contribution in [0, 0.1) is 17.8 Å². The largest absolute Gasteiger partial charge is 0.490 e. The summed E-state index contributed by atoms with van der Waals surface area (Å²) in [6.07, 6.45) is 5.99. The summed E-state index contributed by atoms with van der Waals surface area (Å²) < 4.78 is 11.2. The number of carbonyl (C=O) groups is 4. The molecule has 0 aliphatic heterocycles. The topological polar surface area (TPSA) is 111 Å². The van der Waals surface area contributed by atoms with E-state index in [4.69, 9.17) is 9.47 Å². The molecule has 4 rings (SSSR count). The van der Waals surface area contributed by atoms with Crippen LogP contribution in [-0.2, 0) is 14.3 Å². The lowest BCUT2D eigenvalue weighted by Crippen LogP contribution is -2.39. The Kier molecular flexibility index (Phi) is 10.7. The molecule has 214 valence electrons. The van der Waals surface area contributed by atoms with Crippen molar-refractivity contribution < 1.29 is 28.7 Å². The van der Waals surface area contributed by atoms with Crippen molar-refractivity contribution >= 4 is 23.6 Å². The van der Waals surface area contributed by atoms with Crippen LogP contribution in [-0.4, -0.2) is 49.4 Å². The summed E-state index contributed by atoms with van der Waals surface area (Å²) in [5.41, 5.74) is 1.26. The van der Waals surface area contributed by atoms with Gasteiger partial charge >= 0.3 is 5.97 Å². The summed E-state index contributed by atoms with van der Waals surface area (Å²) in [6.45, 7) is 2.90. The van der Waals surface area contributed by atoms with Crippen molar-refractivity contribution in [2.45, 2.75) is 64.4 Å². The summed E-state index contributed by atoms with van der Waals surface area (Å²) in [6, 6.07) is 16.4. The van der Waals surface area contributed by atoms with Crippen molar-refractivity contribution in [2.24, 2.45) is 17.8 Å². The molecule has 0 radical (unpaired) electrons. The van der Waals surface area contributed by atoms with Gasteiger partial charge in [0.2, 0.25) is 5.91 Å². The monoisotopic (exact) mass is 548 g/mol. The molecule has 40 heavy (non-hydrogen) atoms. The van der Waals surface area contributed by atoms with Crippen LogP contribution in [0.15, 0.2) is 54.6 Å². The number of nitrogens with one attached hydrogen (secondary N) is 2. The minimum atomic E-state index is -0.212. The van der Waals surface area contributed by atoms with E-state index in [0.717, 1.165) is 44.1 Å². The lowest BCUT2D eigenvalue weighted by Gasteiger charge is -2.27. The average molecular weight is 549 g/mol. The summed E-state index contributed by atoms with van der Waals surface area (Å²) in [4.78, 5) is 49.7. The molecule has 0 saturated heterocycles. The fraction of sp³-hybridized carbons (Fsp3) is 0.500. The number of rotatable bonds is 11. The number of ketones is 1. The minimum Gasteiger partial charge on any atom is -0.490 e. The van der Waals surface area contributed by atoms with Crippen LogP contribution < -0.4 is 15.4 Å². The third kappa shape index (κ3) is 8.16. The molecule has 8 nitrogen and oxygen atoms in total. The predicted octanol–water partition coefficient (Wildman–Crippen LogP) is 4.72. The van der Waals surface area contributed by atoms with Crippen LogP contribution in [0.25, 0.3) is 0 Å². The van der Waals surface area contributed by atoms with E-state index in [9.17, 15) is 19.2 Å². The second kappa shape index (κ2) is 14.6. The van der Waals surface area contributed by atoms with Crippen molar-refractivity contribution in [2.75, 3.05) is 19.7 Å². The maximum Gasteiger partial charge on any atom is 0.308 e. The fourth-order valence-corrected chi connectivity index (χ4v) is 5.62. The van der Waals surface area contributed by atoms with E-state index in [1.54, 1.807) is 24.3 Å². The van der Waals surface area contributed by atoms with Crippen LogP contribution in [0.2, 0.25) is 0 Å². The molecule has 2 aromatic carbocycles. The molecular weight excluding hydrogens is 508 g/mol. The molecule has 0 aromatic heterocycles. The molecule has 2 aromatic rings. The Morgan fingerprint density at radius 2 is 1.30 bits per heavy atom. The second-order valence-electron chi connectivity index (χ2n) is 10.7. The van der Waals surface area contributed by atoms with Gasteiger partial charge in [-0.1, -0.05) is 30.3 Å². The molecule has 0 atom stereocenters. The Hall–Kier alpha value is -3.68. The van der Waals surface area contributed by atoms with Gasteiger partial charge in [-0.3, -0.25) is 19.2 Å². The van der Waals surface area contributed by atoms with Crippen molar-refractivity contribution in [3.8, 4) is 5.75 Å². The van der Waals surface area contributed by atoms with Gasteiger partial charge in [0.25, 0.3) is 5.91 Å². The Balaban J connectivity index is 1.11. The molecule has 2 amide bonds. The number of carbonyl (C=O) groups excluding carboxylic acids is 4.